The highest BCUT2D eigenvalue weighted by atomic mass is 79.9. The van der Waals surface area contributed by atoms with Gasteiger partial charge < -0.3 is 17.0 Å². The van der Waals surface area contributed by atoms with Crippen LogP contribution in [0.4, 0.5) is 18.9 Å². The van der Waals surface area contributed by atoms with E-state index in [2.05, 4.69) is 0 Å². The Labute approximate surface area is 179 Å². The Balaban J connectivity index is 0.00000240. The van der Waals surface area contributed by atoms with Crippen molar-refractivity contribution in [2.75, 3.05) is 5.75 Å². The van der Waals surface area contributed by atoms with Crippen LogP contribution in [0.2, 0.25) is 0 Å². The molecule has 0 N–H and O–H groups in total. The van der Waals surface area contributed by atoms with Gasteiger partial charge in [-0.1, -0.05) is 6.07 Å². The molecule has 0 aliphatic carbocycles. The molecular weight excluding hydrogens is 471 g/mol. The first-order chi connectivity index (χ1) is 13.3. The molecule has 1 unspecified atom stereocenters. The second kappa shape index (κ2) is 7.83. The molecule has 1 aliphatic heterocycles. The van der Waals surface area contributed by atoms with E-state index in [1.54, 1.807) is 34.5 Å². The third-order valence-corrected chi connectivity index (χ3v) is 5.95. The van der Waals surface area contributed by atoms with Crippen LogP contribution in [0.25, 0.3) is 16.9 Å². The van der Waals surface area contributed by atoms with Crippen LogP contribution in [0.5, 0.6) is 0 Å². The molecule has 1 aromatic heterocycles. The number of aromatic nitrogens is 2. The SMILES string of the molecule is CC1CSc2n(-c3cccc(C(F)(F)F)c3)c(-c3ccc([N+](=O)[O-])cc3)c[n+]21.[Br-]. The maximum atomic E-state index is 13.2. The Hall–Kier alpha value is -2.33. The largest absolute Gasteiger partial charge is 1.00 e. The van der Waals surface area contributed by atoms with Gasteiger partial charge in [0.05, 0.1) is 10.5 Å². The van der Waals surface area contributed by atoms with Crippen LogP contribution in [-0.4, -0.2) is 15.2 Å². The van der Waals surface area contributed by atoms with E-state index in [0.29, 0.717) is 16.9 Å². The van der Waals surface area contributed by atoms with Crippen LogP contribution in [0, 0.1) is 10.1 Å². The standard InChI is InChI=1S/C19H15F3N3O2S.BrH/c1-12-11-28-18-23(12)10-17(13-5-7-15(8-6-13)25(26)27)24(18)16-4-2-3-14(9-16)19(20,21)22;/h2-10,12H,11H2,1H3;1H/q+1;/p-1. The van der Waals surface area contributed by atoms with Crippen LogP contribution < -0.4 is 21.5 Å². The summed E-state index contributed by atoms with van der Waals surface area (Å²) in [5.74, 6) is 0.828. The molecule has 0 bridgehead atoms. The number of halogens is 4. The lowest BCUT2D eigenvalue weighted by Gasteiger charge is -2.09. The van der Waals surface area contributed by atoms with E-state index >= 15 is 0 Å². The summed E-state index contributed by atoms with van der Waals surface area (Å²) < 4.78 is 43.4. The first-order valence-corrected chi connectivity index (χ1v) is 9.46. The van der Waals surface area contributed by atoms with Crippen LogP contribution in [-0.2, 0) is 6.18 Å². The van der Waals surface area contributed by atoms with Gasteiger partial charge in [0, 0.05) is 23.4 Å². The second-order valence-corrected chi connectivity index (χ2v) is 7.54. The minimum absolute atomic E-state index is 0. The highest BCUT2D eigenvalue weighted by Crippen LogP contribution is 2.37. The van der Waals surface area contributed by atoms with Crippen molar-refractivity contribution in [2.24, 2.45) is 0 Å². The lowest BCUT2D eigenvalue weighted by atomic mass is 10.1. The van der Waals surface area contributed by atoms with Crippen molar-refractivity contribution < 1.29 is 39.6 Å². The molecule has 3 aromatic rings. The number of rotatable bonds is 3. The molecule has 2 aromatic carbocycles. The number of hydrogen-bond donors (Lipinski definition) is 0. The van der Waals surface area contributed by atoms with Crippen molar-refractivity contribution in [2.45, 2.75) is 24.3 Å². The molecule has 2 heterocycles. The molecule has 5 nitrogen and oxygen atoms in total. The summed E-state index contributed by atoms with van der Waals surface area (Å²) in [5.41, 5.74) is 1.02. The number of fused-ring (bicyclic) bond motifs is 1. The molecule has 0 spiro atoms. The summed E-state index contributed by atoms with van der Waals surface area (Å²) in [6.45, 7) is 2.04. The van der Waals surface area contributed by atoms with Crippen molar-refractivity contribution in [1.29, 1.82) is 0 Å². The third kappa shape index (κ3) is 3.91. The highest BCUT2D eigenvalue weighted by Gasteiger charge is 2.36. The first kappa shape index (κ1) is 21.4. The zero-order valence-corrected chi connectivity index (χ0v) is 17.5. The summed E-state index contributed by atoms with van der Waals surface area (Å²) in [6.07, 6.45) is -2.55. The molecule has 152 valence electrons. The smallest absolute Gasteiger partial charge is 0.416 e. The fourth-order valence-electron chi connectivity index (χ4n) is 3.22. The monoisotopic (exact) mass is 485 g/mol. The van der Waals surface area contributed by atoms with Crippen molar-refractivity contribution in [3.63, 3.8) is 0 Å². The molecule has 0 saturated carbocycles. The van der Waals surface area contributed by atoms with E-state index < -0.39 is 16.7 Å². The number of thioether (sulfide) groups is 1. The molecule has 0 saturated heterocycles. The minimum atomic E-state index is -4.44. The van der Waals surface area contributed by atoms with E-state index in [0.717, 1.165) is 23.0 Å². The zero-order chi connectivity index (χ0) is 20.1. The number of benzene rings is 2. The Bertz CT molecular complexity index is 1070. The van der Waals surface area contributed by atoms with Crippen LogP contribution >= 0.6 is 11.8 Å². The number of nitrogens with zero attached hydrogens (tertiary/aromatic N) is 3. The molecule has 0 fully saturated rings. The van der Waals surface area contributed by atoms with Gasteiger partial charge in [-0.2, -0.15) is 17.7 Å². The van der Waals surface area contributed by atoms with Crippen molar-refractivity contribution in [3.05, 3.63) is 70.4 Å². The van der Waals surface area contributed by atoms with Gasteiger partial charge in [-0.15, -0.1) is 0 Å². The van der Waals surface area contributed by atoms with Crippen molar-refractivity contribution >= 4 is 17.4 Å². The summed E-state index contributed by atoms with van der Waals surface area (Å²) >= 11 is 1.57. The lowest BCUT2D eigenvalue weighted by Crippen LogP contribution is -3.00. The summed E-state index contributed by atoms with van der Waals surface area (Å²) in [4.78, 5) is 10.4. The summed E-state index contributed by atoms with van der Waals surface area (Å²) in [6, 6.07) is 11.4. The van der Waals surface area contributed by atoms with E-state index in [4.69, 9.17) is 0 Å². The predicted molar refractivity (Wildman–Crippen MR) is 98.5 cm³/mol. The van der Waals surface area contributed by atoms with Gasteiger partial charge in [0.25, 0.3) is 5.69 Å². The Morgan fingerprint density at radius 2 is 1.90 bits per heavy atom. The number of hydrogen-bond acceptors (Lipinski definition) is 3. The van der Waals surface area contributed by atoms with Crippen LogP contribution in [0.15, 0.2) is 59.9 Å². The van der Waals surface area contributed by atoms with Gasteiger partial charge in [-0.05, 0) is 49.0 Å². The molecule has 0 radical (unpaired) electrons. The maximum absolute atomic E-state index is 13.2. The third-order valence-electron chi connectivity index (χ3n) is 4.65. The fraction of sp³-hybridized carbons (Fsp3) is 0.211. The number of alkyl halides is 3. The number of imidazole rings is 1. The molecule has 0 amide bonds. The maximum Gasteiger partial charge on any atom is 0.416 e. The Morgan fingerprint density at radius 1 is 1.21 bits per heavy atom. The quantitative estimate of drug-likeness (QED) is 0.324. The normalized spacial score (nSPS) is 15.7. The van der Waals surface area contributed by atoms with Crippen molar-refractivity contribution in [3.8, 4) is 16.9 Å². The van der Waals surface area contributed by atoms with Gasteiger partial charge in [0.2, 0.25) is 0 Å². The zero-order valence-electron chi connectivity index (χ0n) is 15.1. The molecule has 4 rings (SSSR count). The first-order valence-electron chi connectivity index (χ1n) is 8.48. The topological polar surface area (TPSA) is 51.9 Å². The van der Waals surface area contributed by atoms with Crippen LogP contribution in [0.3, 0.4) is 0 Å². The second-order valence-electron chi connectivity index (χ2n) is 6.55. The predicted octanol–water partition coefficient (Wildman–Crippen LogP) is 2.03. The number of nitro groups is 1. The number of non-ortho nitro benzene ring substituents is 1. The molecule has 1 atom stereocenters. The number of nitro benzene ring substituents is 1. The van der Waals surface area contributed by atoms with E-state index in [1.165, 1.54) is 18.2 Å². The fourth-order valence-corrected chi connectivity index (χ4v) is 4.49. The van der Waals surface area contributed by atoms with Gasteiger partial charge in [-0.3, -0.25) is 10.1 Å². The van der Waals surface area contributed by atoms with Crippen molar-refractivity contribution in [1.82, 2.24) is 4.57 Å². The molecule has 1 aliphatic rings. The molecule has 10 heteroatoms. The molecule has 29 heavy (non-hydrogen) atoms. The van der Waals surface area contributed by atoms with Gasteiger partial charge in [0.15, 0.2) is 5.69 Å². The van der Waals surface area contributed by atoms with Gasteiger partial charge in [-0.25, -0.2) is 4.57 Å². The van der Waals surface area contributed by atoms with Gasteiger partial charge in [0.1, 0.15) is 17.9 Å². The lowest BCUT2D eigenvalue weighted by molar-refractivity contribution is -0.744. The summed E-state index contributed by atoms with van der Waals surface area (Å²) in [5, 5.41) is 11.7. The summed E-state index contributed by atoms with van der Waals surface area (Å²) in [7, 11) is 0. The average Bonchev–Trinajstić information content (AvgIpc) is 3.21. The van der Waals surface area contributed by atoms with Crippen LogP contribution in [0.1, 0.15) is 18.5 Å². The highest BCUT2D eigenvalue weighted by molar-refractivity contribution is 7.99. The molecular formula is C19H15BrF3N3O2S. The van der Waals surface area contributed by atoms with Gasteiger partial charge >= 0.3 is 11.3 Å². The van der Waals surface area contributed by atoms with E-state index in [9.17, 15) is 23.3 Å². The Morgan fingerprint density at radius 3 is 2.52 bits per heavy atom. The average molecular weight is 486 g/mol. The van der Waals surface area contributed by atoms with E-state index in [1.807, 2.05) is 17.7 Å². The van der Waals surface area contributed by atoms with E-state index in [-0.39, 0.29) is 28.7 Å². The minimum Gasteiger partial charge on any atom is -1.00 e. The Kier molecular flexibility index (Phi) is 5.77.